The van der Waals surface area contributed by atoms with E-state index >= 15 is 0 Å². The van der Waals surface area contributed by atoms with Crippen LogP contribution in [0.15, 0.2) is 65.6 Å². The minimum atomic E-state index is -4.57. The Morgan fingerprint density at radius 1 is 0.971 bits per heavy atom. The van der Waals surface area contributed by atoms with Crippen molar-refractivity contribution in [2.75, 3.05) is 11.8 Å². The predicted molar refractivity (Wildman–Crippen MR) is 127 cm³/mol. The zero-order valence-electron chi connectivity index (χ0n) is 18.0. The van der Waals surface area contributed by atoms with E-state index in [1.165, 1.54) is 12.1 Å². The van der Waals surface area contributed by atoms with Crippen molar-refractivity contribution < 1.29 is 31.5 Å². The van der Waals surface area contributed by atoms with Gasteiger partial charge in [0.2, 0.25) is 0 Å². The number of hydrogen-bond acceptors (Lipinski definition) is 5. The fourth-order valence-corrected chi connectivity index (χ4v) is 4.55. The van der Waals surface area contributed by atoms with E-state index in [4.69, 9.17) is 27.9 Å². The summed E-state index contributed by atoms with van der Waals surface area (Å²) in [4.78, 5) is 24.5. The van der Waals surface area contributed by atoms with Crippen molar-refractivity contribution in [3.8, 4) is 0 Å². The average molecular weight is 543 g/mol. The van der Waals surface area contributed by atoms with Crippen LogP contribution in [0.5, 0.6) is 0 Å². The highest BCUT2D eigenvalue weighted by atomic mass is 35.5. The molecule has 3 aromatic carbocycles. The molecule has 0 aliphatic rings. The van der Waals surface area contributed by atoms with Gasteiger partial charge in [-0.25, -0.2) is 22.0 Å². The molecule has 0 aliphatic heterocycles. The lowest BCUT2D eigenvalue weighted by atomic mass is 10.0. The van der Waals surface area contributed by atoms with Crippen molar-refractivity contribution in [2.45, 2.75) is 17.4 Å². The fraction of sp³-hybridized carbons (Fsp3) is 0.130. The summed E-state index contributed by atoms with van der Waals surface area (Å²) in [6, 6.07) is 11.1. The lowest BCUT2D eigenvalue weighted by Crippen LogP contribution is -2.43. The highest BCUT2D eigenvalue weighted by Gasteiger charge is 2.26. The van der Waals surface area contributed by atoms with Crippen LogP contribution >= 0.6 is 23.2 Å². The first kappa shape index (κ1) is 26.4. The average Bonchev–Trinajstić information content (AvgIpc) is 2.79. The van der Waals surface area contributed by atoms with E-state index in [-0.39, 0.29) is 22.7 Å². The molecule has 0 saturated heterocycles. The molecule has 1 unspecified atom stereocenters. The lowest BCUT2D eigenvalue weighted by Gasteiger charge is -2.19. The first-order chi connectivity index (χ1) is 16.5. The van der Waals surface area contributed by atoms with Crippen LogP contribution < -0.4 is 10.0 Å². The molecular formula is C23H18Cl2F2N2O5S. The molecule has 1 amide bonds. The van der Waals surface area contributed by atoms with Gasteiger partial charge in [-0.3, -0.25) is 9.52 Å². The van der Waals surface area contributed by atoms with Crippen molar-refractivity contribution in [3.05, 3.63) is 93.5 Å². The van der Waals surface area contributed by atoms with Gasteiger partial charge in [-0.2, -0.15) is 0 Å². The Balaban J connectivity index is 1.90. The molecule has 0 heterocycles. The second kappa shape index (κ2) is 11.0. The number of rotatable bonds is 8. The second-order valence-corrected chi connectivity index (χ2v) is 9.77. The van der Waals surface area contributed by atoms with Gasteiger partial charge in [0.05, 0.1) is 18.4 Å². The van der Waals surface area contributed by atoms with Gasteiger partial charge in [-0.1, -0.05) is 35.3 Å². The normalized spacial score (nSPS) is 12.0. The summed E-state index contributed by atoms with van der Waals surface area (Å²) in [5, 5.41) is 3.07. The number of methoxy groups -OCH3 is 1. The molecule has 0 spiro atoms. The number of amides is 1. The SMILES string of the molecule is COC(=O)C(Cc1ccc(Cl)cc1)NC(=O)c1ccc(Cl)cc1NS(=O)(=O)c1ccc(F)cc1F. The number of carbonyl (C=O) groups is 2. The van der Waals surface area contributed by atoms with Crippen molar-refractivity contribution in [1.29, 1.82) is 0 Å². The Morgan fingerprint density at radius 2 is 1.63 bits per heavy atom. The van der Waals surface area contributed by atoms with Gasteiger partial charge in [0, 0.05) is 22.5 Å². The molecule has 1 atom stereocenters. The molecule has 35 heavy (non-hydrogen) atoms. The van der Waals surface area contributed by atoms with Gasteiger partial charge in [0.1, 0.15) is 22.6 Å². The van der Waals surface area contributed by atoms with Crippen LogP contribution in [0, 0.1) is 11.6 Å². The third-order valence-corrected chi connectivity index (χ3v) is 6.68. The Morgan fingerprint density at radius 3 is 2.26 bits per heavy atom. The maximum atomic E-state index is 14.1. The molecule has 7 nitrogen and oxygen atoms in total. The number of nitrogens with one attached hydrogen (secondary N) is 2. The van der Waals surface area contributed by atoms with Gasteiger partial charge in [-0.15, -0.1) is 0 Å². The monoisotopic (exact) mass is 542 g/mol. The number of ether oxygens (including phenoxy) is 1. The maximum Gasteiger partial charge on any atom is 0.328 e. The third-order valence-electron chi connectivity index (χ3n) is 4.80. The number of benzene rings is 3. The summed E-state index contributed by atoms with van der Waals surface area (Å²) >= 11 is 11.8. The molecule has 0 fully saturated rings. The fourth-order valence-electron chi connectivity index (χ4n) is 3.12. The Labute approximate surface area is 210 Å². The summed E-state index contributed by atoms with van der Waals surface area (Å²) in [5.74, 6) is -3.85. The largest absolute Gasteiger partial charge is 0.467 e. The van der Waals surface area contributed by atoms with Crippen LogP contribution in [0.3, 0.4) is 0 Å². The van der Waals surface area contributed by atoms with Gasteiger partial charge in [-0.05, 0) is 48.0 Å². The van der Waals surface area contributed by atoms with Gasteiger partial charge in [0.15, 0.2) is 0 Å². The summed E-state index contributed by atoms with van der Waals surface area (Å²) < 4.78 is 59.6. The molecule has 2 N–H and O–H groups in total. The van der Waals surface area contributed by atoms with Crippen LogP contribution in [-0.2, 0) is 26.0 Å². The number of hydrogen-bond donors (Lipinski definition) is 2. The lowest BCUT2D eigenvalue weighted by molar-refractivity contribution is -0.142. The van der Waals surface area contributed by atoms with Crippen molar-refractivity contribution in [1.82, 2.24) is 5.32 Å². The summed E-state index contributed by atoms with van der Waals surface area (Å²) in [6.45, 7) is 0. The van der Waals surface area contributed by atoms with Crippen molar-refractivity contribution in [2.24, 2.45) is 0 Å². The minimum Gasteiger partial charge on any atom is -0.467 e. The van der Waals surface area contributed by atoms with Gasteiger partial charge in [0.25, 0.3) is 15.9 Å². The van der Waals surface area contributed by atoms with Crippen LogP contribution in [0.4, 0.5) is 14.5 Å². The molecule has 0 aromatic heterocycles. The van der Waals surface area contributed by atoms with E-state index in [0.717, 1.165) is 25.3 Å². The van der Waals surface area contributed by atoms with Crippen molar-refractivity contribution >= 4 is 50.8 Å². The van der Waals surface area contributed by atoms with E-state index in [9.17, 15) is 26.8 Å². The molecule has 12 heteroatoms. The second-order valence-electron chi connectivity index (χ2n) is 7.25. The maximum absolute atomic E-state index is 14.1. The van der Waals surface area contributed by atoms with Gasteiger partial charge >= 0.3 is 5.97 Å². The van der Waals surface area contributed by atoms with E-state index < -0.39 is 44.5 Å². The van der Waals surface area contributed by atoms with E-state index in [1.54, 1.807) is 24.3 Å². The highest BCUT2D eigenvalue weighted by Crippen LogP contribution is 2.26. The number of anilines is 1. The first-order valence-corrected chi connectivity index (χ1v) is 12.1. The zero-order valence-corrected chi connectivity index (χ0v) is 20.3. The van der Waals surface area contributed by atoms with Crippen LogP contribution in [0.25, 0.3) is 0 Å². The number of sulfonamides is 1. The molecule has 0 saturated carbocycles. The highest BCUT2D eigenvalue weighted by molar-refractivity contribution is 7.92. The molecule has 0 bridgehead atoms. The zero-order chi connectivity index (χ0) is 25.8. The topological polar surface area (TPSA) is 102 Å². The Hall–Kier alpha value is -3.21. The Kier molecular flexibility index (Phi) is 8.31. The molecule has 3 aromatic rings. The third kappa shape index (κ3) is 6.68. The van der Waals surface area contributed by atoms with Gasteiger partial charge < -0.3 is 10.1 Å². The number of halogens is 4. The molecule has 3 rings (SSSR count). The van der Waals surface area contributed by atoms with E-state index in [2.05, 4.69) is 10.0 Å². The van der Waals surface area contributed by atoms with Crippen LogP contribution in [-0.4, -0.2) is 33.4 Å². The predicted octanol–water partition coefficient (Wildman–Crippen LogP) is 4.59. The minimum absolute atomic E-state index is 0.0605. The molecular weight excluding hydrogens is 525 g/mol. The summed E-state index contributed by atoms with van der Waals surface area (Å²) in [5.41, 5.74) is 0.188. The number of esters is 1. The first-order valence-electron chi connectivity index (χ1n) is 9.90. The molecule has 184 valence electrons. The summed E-state index contributed by atoms with van der Waals surface area (Å²) in [6.07, 6.45) is 0.0605. The molecule has 0 radical (unpaired) electrons. The molecule has 0 aliphatic carbocycles. The number of carbonyl (C=O) groups excluding carboxylic acids is 2. The quantitative estimate of drug-likeness (QED) is 0.405. The smallest absolute Gasteiger partial charge is 0.328 e. The van der Waals surface area contributed by atoms with E-state index in [1.807, 2.05) is 0 Å². The Bertz CT molecular complexity index is 1370. The van der Waals surface area contributed by atoms with Crippen LogP contribution in [0.2, 0.25) is 10.0 Å². The van der Waals surface area contributed by atoms with E-state index in [0.29, 0.717) is 16.7 Å². The van der Waals surface area contributed by atoms with Crippen molar-refractivity contribution in [3.63, 3.8) is 0 Å². The summed E-state index contributed by atoms with van der Waals surface area (Å²) in [7, 11) is -3.41. The standard InChI is InChI=1S/C23H18Cl2F2N2O5S/c1-34-23(31)20(10-13-2-4-14(24)5-3-13)28-22(30)17-8-6-15(25)11-19(17)29-35(32,33)21-9-7-16(26)12-18(21)27/h2-9,11-12,20,29H,10H2,1H3,(H,28,30). The van der Waals surface area contributed by atoms with Crippen LogP contribution in [0.1, 0.15) is 15.9 Å².